The third kappa shape index (κ3) is 4.23. The van der Waals surface area contributed by atoms with Crippen molar-refractivity contribution in [2.45, 2.75) is 25.9 Å². The number of thiocarbonyl (C=S) groups is 1. The highest BCUT2D eigenvalue weighted by Gasteiger charge is 2.38. The molecule has 0 radical (unpaired) electrons. The van der Waals surface area contributed by atoms with Crippen LogP contribution >= 0.6 is 24.0 Å². The lowest BCUT2D eigenvalue weighted by molar-refractivity contribution is -0.142. The van der Waals surface area contributed by atoms with Gasteiger partial charge in [0.1, 0.15) is 22.2 Å². The predicted octanol–water partition coefficient (Wildman–Crippen LogP) is 1.87. The van der Waals surface area contributed by atoms with E-state index in [0.29, 0.717) is 16.2 Å². The molecule has 2 rings (SSSR count). The minimum Gasteiger partial charge on any atom is -0.496 e. The van der Waals surface area contributed by atoms with E-state index in [9.17, 15) is 14.4 Å². The van der Waals surface area contributed by atoms with Crippen LogP contribution in [0.15, 0.2) is 29.2 Å². The number of ether oxygens (including phenoxy) is 1. The van der Waals surface area contributed by atoms with Crippen molar-refractivity contribution in [3.8, 4) is 5.75 Å². The zero-order valence-electron chi connectivity index (χ0n) is 14.4. The van der Waals surface area contributed by atoms with Crippen molar-refractivity contribution in [1.29, 1.82) is 0 Å². The summed E-state index contributed by atoms with van der Waals surface area (Å²) in [6.45, 7) is 2.85. The van der Waals surface area contributed by atoms with Crippen molar-refractivity contribution in [3.63, 3.8) is 0 Å². The molecule has 1 aromatic rings. The van der Waals surface area contributed by atoms with Crippen molar-refractivity contribution in [2.24, 2.45) is 0 Å². The lowest BCUT2D eigenvalue weighted by Crippen LogP contribution is -2.50. The number of nitrogens with one attached hydrogen (secondary N) is 1. The van der Waals surface area contributed by atoms with Gasteiger partial charge in [-0.3, -0.25) is 19.3 Å². The molecule has 2 unspecified atom stereocenters. The monoisotopic (exact) mass is 394 g/mol. The van der Waals surface area contributed by atoms with E-state index in [1.165, 1.54) is 25.9 Å². The Hall–Kier alpha value is -2.39. The fraction of sp³-hybridized carbons (Fsp3) is 0.294. The van der Waals surface area contributed by atoms with Gasteiger partial charge < -0.3 is 15.2 Å². The number of nitrogens with zero attached hydrogens (tertiary/aromatic N) is 1. The van der Waals surface area contributed by atoms with Gasteiger partial charge in [0.2, 0.25) is 5.91 Å². The molecule has 0 bridgehead atoms. The first kappa shape index (κ1) is 19.9. The molecule has 0 spiro atoms. The van der Waals surface area contributed by atoms with Gasteiger partial charge in [0.25, 0.3) is 5.91 Å². The predicted molar refractivity (Wildman–Crippen MR) is 103 cm³/mol. The Balaban J connectivity index is 2.21. The summed E-state index contributed by atoms with van der Waals surface area (Å²) in [6, 6.07) is 5.22. The zero-order valence-corrected chi connectivity index (χ0v) is 16.0. The number of amides is 2. The molecule has 0 saturated carbocycles. The number of methoxy groups -OCH3 is 1. The Morgan fingerprint density at radius 3 is 2.62 bits per heavy atom. The van der Waals surface area contributed by atoms with E-state index < -0.39 is 29.9 Å². The molecule has 0 aromatic heterocycles. The van der Waals surface area contributed by atoms with E-state index in [0.717, 1.165) is 11.8 Å². The maximum Gasteiger partial charge on any atom is 0.325 e. The van der Waals surface area contributed by atoms with Gasteiger partial charge in [-0.1, -0.05) is 42.2 Å². The molecule has 2 N–H and O–H groups in total. The van der Waals surface area contributed by atoms with Crippen molar-refractivity contribution in [2.75, 3.05) is 7.11 Å². The van der Waals surface area contributed by atoms with Gasteiger partial charge in [-0.25, -0.2) is 0 Å². The second-order valence-corrected chi connectivity index (χ2v) is 7.21. The second-order valence-electron chi connectivity index (χ2n) is 5.54. The van der Waals surface area contributed by atoms with Crippen LogP contribution in [0.2, 0.25) is 0 Å². The molecule has 0 aliphatic carbocycles. The van der Waals surface area contributed by atoms with Gasteiger partial charge >= 0.3 is 5.97 Å². The molecule has 1 aliphatic heterocycles. The van der Waals surface area contributed by atoms with Crippen LogP contribution in [0, 0.1) is 0 Å². The summed E-state index contributed by atoms with van der Waals surface area (Å²) in [6.07, 6.45) is 1.66. The molecular formula is C17H18N2O5S2. The molecule has 1 fully saturated rings. The zero-order chi connectivity index (χ0) is 19.4. The molecule has 1 heterocycles. The summed E-state index contributed by atoms with van der Waals surface area (Å²) in [7, 11) is 1.54. The number of thioether (sulfide) groups is 1. The lowest BCUT2D eigenvalue weighted by Gasteiger charge is -2.23. The number of carbonyl (C=O) groups excluding carboxylic acids is 2. The summed E-state index contributed by atoms with van der Waals surface area (Å²) < 4.78 is 5.50. The number of carboxylic acids is 1. The first-order valence-corrected chi connectivity index (χ1v) is 8.92. The third-order valence-corrected chi connectivity index (χ3v) is 5.08. The first-order valence-electron chi connectivity index (χ1n) is 7.69. The van der Waals surface area contributed by atoms with Gasteiger partial charge in [-0.15, -0.1) is 0 Å². The smallest absolute Gasteiger partial charge is 0.325 e. The van der Waals surface area contributed by atoms with Crippen molar-refractivity contribution in [3.05, 3.63) is 34.7 Å². The van der Waals surface area contributed by atoms with Gasteiger partial charge in [-0.2, -0.15) is 0 Å². The Bertz CT molecular complexity index is 793. The molecule has 7 nitrogen and oxygen atoms in total. The van der Waals surface area contributed by atoms with E-state index in [-0.39, 0.29) is 4.32 Å². The highest BCUT2D eigenvalue weighted by Crippen LogP contribution is 2.35. The Morgan fingerprint density at radius 2 is 2.00 bits per heavy atom. The van der Waals surface area contributed by atoms with Crippen LogP contribution in [0.25, 0.3) is 6.08 Å². The van der Waals surface area contributed by atoms with E-state index in [2.05, 4.69) is 5.32 Å². The van der Waals surface area contributed by atoms with E-state index in [1.807, 2.05) is 12.1 Å². The maximum atomic E-state index is 12.7. The number of para-hydroxylation sites is 1. The van der Waals surface area contributed by atoms with Gasteiger partial charge in [-0.05, 0) is 26.0 Å². The maximum absolute atomic E-state index is 12.7. The average molecular weight is 394 g/mol. The highest BCUT2D eigenvalue weighted by molar-refractivity contribution is 8.26. The van der Waals surface area contributed by atoms with Crippen LogP contribution in [0.4, 0.5) is 0 Å². The number of aliphatic carboxylic acids is 1. The van der Waals surface area contributed by atoms with Crippen LogP contribution in [0.1, 0.15) is 19.4 Å². The number of hydrogen-bond acceptors (Lipinski definition) is 6. The SMILES string of the molecule is COc1ccccc1/C=C1\SC(=S)N(C(C)C(=O)NC(C)C(=O)O)C1=O. The molecule has 138 valence electrons. The molecular weight excluding hydrogens is 376 g/mol. The topological polar surface area (TPSA) is 95.9 Å². The van der Waals surface area contributed by atoms with Crippen LogP contribution in [-0.4, -0.2) is 51.3 Å². The highest BCUT2D eigenvalue weighted by atomic mass is 32.2. The number of rotatable bonds is 6. The van der Waals surface area contributed by atoms with Crippen LogP contribution in [0.5, 0.6) is 5.75 Å². The van der Waals surface area contributed by atoms with Crippen LogP contribution in [-0.2, 0) is 14.4 Å². The molecule has 1 aliphatic rings. The number of carboxylic acid groups (broad SMARTS) is 1. The summed E-state index contributed by atoms with van der Waals surface area (Å²) in [4.78, 5) is 37.4. The lowest BCUT2D eigenvalue weighted by atomic mass is 10.1. The van der Waals surface area contributed by atoms with Gasteiger partial charge in [0.05, 0.1) is 12.0 Å². The Morgan fingerprint density at radius 1 is 1.35 bits per heavy atom. The second kappa shape index (κ2) is 8.33. The van der Waals surface area contributed by atoms with E-state index >= 15 is 0 Å². The Kier molecular flexibility index (Phi) is 6.38. The molecule has 1 saturated heterocycles. The standard InChI is InChI=1S/C17H18N2O5S2/c1-9(16(22)23)18-14(20)10(2)19-15(21)13(26-17(19)25)8-11-6-4-5-7-12(11)24-3/h4-10H,1-3H3,(H,18,20)(H,22,23)/b13-8-. The van der Waals surface area contributed by atoms with E-state index in [1.54, 1.807) is 18.2 Å². The van der Waals surface area contributed by atoms with Crippen molar-refractivity contribution < 1.29 is 24.2 Å². The molecule has 2 amide bonds. The molecule has 2 atom stereocenters. The van der Waals surface area contributed by atoms with Crippen LogP contribution < -0.4 is 10.1 Å². The van der Waals surface area contributed by atoms with Gasteiger partial charge in [0.15, 0.2) is 0 Å². The summed E-state index contributed by atoms with van der Waals surface area (Å²) >= 11 is 6.32. The summed E-state index contributed by atoms with van der Waals surface area (Å²) in [5.41, 5.74) is 0.715. The van der Waals surface area contributed by atoms with Crippen LogP contribution in [0.3, 0.4) is 0 Å². The normalized spacial score (nSPS) is 18.0. The largest absolute Gasteiger partial charge is 0.496 e. The molecule has 9 heteroatoms. The van der Waals surface area contributed by atoms with Crippen molar-refractivity contribution in [1.82, 2.24) is 10.2 Å². The van der Waals surface area contributed by atoms with Crippen molar-refractivity contribution >= 4 is 52.2 Å². The summed E-state index contributed by atoms with van der Waals surface area (Å²) in [5.74, 6) is -1.54. The number of benzene rings is 1. The van der Waals surface area contributed by atoms with Gasteiger partial charge in [0, 0.05) is 5.56 Å². The average Bonchev–Trinajstić information content (AvgIpc) is 2.88. The first-order chi connectivity index (χ1) is 12.3. The molecule has 26 heavy (non-hydrogen) atoms. The third-order valence-electron chi connectivity index (χ3n) is 3.75. The number of hydrogen-bond donors (Lipinski definition) is 2. The minimum absolute atomic E-state index is 0.238. The Labute approximate surface area is 160 Å². The van der Waals surface area contributed by atoms with E-state index in [4.69, 9.17) is 22.1 Å². The molecule has 1 aromatic carbocycles. The number of carbonyl (C=O) groups is 3. The quantitative estimate of drug-likeness (QED) is 0.562. The minimum atomic E-state index is -1.16. The summed E-state index contributed by atoms with van der Waals surface area (Å²) in [5, 5.41) is 11.2. The fourth-order valence-electron chi connectivity index (χ4n) is 2.25. The fourth-order valence-corrected chi connectivity index (χ4v) is 3.66.